The maximum Gasteiger partial charge on any atom is 0.123 e. The predicted octanol–water partition coefficient (Wildman–Crippen LogP) is 3.68. The Morgan fingerprint density at radius 2 is 1.56 bits per heavy atom. The van der Waals surface area contributed by atoms with Crippen molar-refractivity contribution >= 4 is 0 Å². The minimum absolute atomic E-state index is 0.222. The standard InChI is InChI=1S/C15H11FN2/c16-14-1-3-15(4-2-14)18-10-7-13(11-18)12-5-8-17-9-6-12/h1-11H. The summed E-state index contributed by atoms with van der Waals surface area (Å²) in [5.74, 6) is -0.222. The molecule has 2 heterocycles. The van der Waals surface area contributed by atoms with Gasteiger partial charge in [0.15, 0.2) is 0 Å². The Labute approximate surface area is 104 Å². The molecule has 3 heteroatoms. The summed E-state index contributed by atoms with van der Waals surface area (Å²) in [6, 6.07) is 12.4. The van der Waals surface area contributed by atoms with Crippen LogP contribution in [0.5, 0.6) is 0 Å². The third kappa shape index (κ3) is 2.02. The van der Waals surface area contributed by atoms with Gasteiger partial charge in [-0.25, -0.2) is 4.39 Å². The van der Waals surface area contributed by atoms with Crippen molar-refractivity contribution in [2.24, 2.45) is 0 Å². The van der Waals surface area contributed by atoms with Crippen LogP contribution in [-0.4, -0.2) is 9.55 Å². The van der Waals surface area contributed by atoms with E-state index in [1.807, 2.05) is 35.2 Å². The van der Waals surface area contributed by atoms with Crippen LogP contribution in [0.4, 0.5) is 4.39 Å². The SMILES string of the molecule is Fc1ccc(-n2ccc(-c3ccncc3)c2)cc1. The third-order valence-electron chi connectivity index (χ3n) is 2.83. The van der Waals surface area contributed by atoms with Crippen molar-refractivity contribution in [3.8, 4) is 16.8 Å². The van der Waals surface area contributed by atoms with Crippen LogP contribution in [0.1, 0.15) is 0 Å². The van der Waals surface area contributed by atoms with E-state index >= 15 is 0 Å². The van der Waals surface area contributed by atoms with Gasteiger partial charge in [-0.1, -0.05) is 0 Å². The summed E-state index contributed by atoms with van der Waals surface area (Å²) in [6.07, 6.45) is 7.51. The first-order chi connectivity index (χ1) is 8.83. The Morgan fingerprint density at radius 1 is 0.833 bits per heavy atom. The summed E-state index contributed by atoms with van der Waals surface area (Å²) in [5, 5.41) is 0. The molecular weight excluding hydrogens is 227 g/mol. The van der Waals surface area contributed by atoms with Crippen LogP contribution in [0.15, 0.2) is 67.3 Å². The summed E-state index contributed by atoms with van der Waals surface area (Å²) >= 11 is 0. The van der Waals surface area contributed by atoms with Crippen LogP contribution in [-0.2, 0) is 0 Å². The maximum absolute atomic E-state index is 12.9. The number of hydrogen-bond donors (Lipinski definition) is 0. The molecule has 0 saturated carbocycles. The van der Waals surface area contributed by atoms with Crippen LogP contribution in [0.25, 0.3) is 16.8 Å². The summed E-state index contributed by atoms with van der Waals surface area (Å²) in [6.45, 7) is 0. The number of nitrogens with zero attached hydrogens (tertiary/aromatic N) is 2. The fraction of sp³-hybridized carbons (Fsp3) is 0. The quantitative estimate of drug-likeness (QED) is 0.666. The Hall–Kier alpha value is -2.42. The summed E-state index contributed by atoms with van der Waals surface area (Å²) in [5.41, 5.74) is 3.17. The van der Waals surface area contributed by atoms with Crippen LogP contribution < -0.4 is 0 Å². The predicted molar refractivity (Wildman–Crippen MR) is 69.0 cm³/mol. The lowest BCUT2D eigenvalue weighted by Crippen LogP contribution is -1.89. The molecule has 0 atom stereocenters. The zero-order valence-corrected chi connectivity index (χ0v) is 9.62. The molecule has 0 saturated heterocycles. The minimum Gasteiger partial charge on any atom is -0.323 e. The maximum atomic E-state index is 12.9. The highest BCUT2D eigenvalue weighted by Crippen LogP contribution is 2.20. The average Bonchev–Trinajstić information content (AvgIpc) is 2.90. The van der Waals surface area contributed by atoms with Gasteiger partial charge in [-0.05, 0) is 53.6 Å². The molecule has 88 valence electrons. The number of halogens is 1. The highest BCUT2D eigenvalue weighted by atomic mass is 19.1. The van der Waals surface area contributed by atoms with E-state index < -0.39 is 0 Å². The smallest absolute Gasteiger partial charge is 0.123 e. The lowest BCUT2D eigenvalue weighted by Gasteiger charge is -2.02. The van der Waals surface area contributed by atoms with Gasteiger partial charge in [0.25, 0.3) is 0 Å². The number of benzene rings is 1. The molecule has 0 aliphatic carbocycles. The first-order valence-electron chi connectivity index (χ1n) is 5.67. The highest BCUT2D eigenvalue weighted by Gasteiger charge is 2.01. The van der Waals surface area contributed by atoms with Crippen molar-refractivity contribution in [1.82, 2.24) is 9.55 Å². The molecule has 3 rings (SSSR count). The molecule has 0 bridgehead atoms. The van der Waals surface area contributed by atoms with Gasteiger partial charge in [-0.3, -0.25) is 4.98 Å². The molecule has 0 aliphatic heterocycles. The summed E-state index contributed by atoms with van der Waals surface area (Å²) < 4.78 is 14.8. The molecule has 0 fully saturated rings. The van der Waals surface area contributed by atoms with Crippen LogP contribution in [0, 0.1) is 5.82 Å². The van der Waals surface area contributed by atoms with E-state index in [2.05, 4.69) is 4.98 Å². The third-order valence-corrected chi connectivity index (χ3v) is 2.83. The van der Waals surface area contributed by atoms with E-state index in [-0.39, 0.29) is 5.82 Å². The number of aromatic nitrogens is 2. The van der Waals surface area contributed by atoms with Gasteiger partial charge in [0.1, 0.15) is 5.82 Å². The van der Waals surface area contributed by atoms with Crippen LogP contribution >= 0.6 is 0 Å². The number of pyridine rings is 1. The monoisotopic (exact) mass is 238 g/mol. The van der Waals surface area contributed by atoms with Gasteiger partial charge in [-0.15, -0.1) is 0 Å². The van der Waals surface area contributed by atoms with Crippen molar-refractivity contribution in [3.63, 3.8) is 0 Å². The molecular formula is C15H11FN2. The molecule has 1 aromatic carbocycles. The van der Waals surface area contributed by atoms with Gasteiger partial charge in [0.2, 0.25) is 0 Å². The second kappa shape index (κ2) is 4.45. The van der Waals surface area contributed by atoms with Crippen molar-refractivity contribution in [2.45, 2.75) is 0 Å². The fourth-order valence-electron chi connectivity index (χ4n) is 1.89. The second-order valence-electron chi connectivity index (χ2n) is 4.02. The van der Waals surface area contributed by atoms with Gasteiger partial charge >= 0.3 is 0 Å². The van der Waals surface area contributed by atoms with E-state index in [0.717, 1.165) is 16.8 Å². The zero-order chi connectivity index (χ0) is 12.4. The lowest BCUT2D eigenvalue weighted by molar-refractivity contribution is 0.627. The van der Waals surface area contributed by atoms with Gasteiger partial charge < -0.3 is 4.57 Å². The topological polar surface area (TPSA) is 17.8 Å². The Bertz CT molecular complexity index is 642. The first-order valence-corrected chi connectivity index (χ1v) is 5.67. The van der Waals surface area contributed by atoms with E-state index in [1.54, 1.807) is 24.5 Å². The Kier molecular flexibility index (Phi) is 2.65. The van der Waals surface area contributed by atoms with E-state index in [0.29, 0.717) is 0 Å². The summed E-state index contributed by atoms with van der Waals surface area (Å²) in [4.78, 5) is 4.00. The summed E-state index contributed by atoms with van der Waals surface area (Å²) in [7, 11) is 0. The van der Waals surface area contributed by atoms with E-state index in [1.165, 1.54) is 12.1 Å². The Morgan fingerprint density at radius 3 is 2.28 bits per heavy atom. The average molecular weight is 238 g/mol. The van der Waals surface area contributed by atoms with Crippen LogP contribution in [0.2, 0.25) is 0 Å². The van der Waals surface area contributed by atoms with Crippen molar-refractivity contribution in [3.05, 3.63) is 73.1 Å². The molecule has 0 N–H and O–H groups in total. The van der Waals surface area contributed by atoms with Crippen molar-refractivity contribution in [2.75, 3.05) is 0 Å². The molecule has 0 spiro atoms. The van der Waals surface area contributed by atoms with Crippen molar-refractivity contribution in [1.29, 1.82) is 0 Å². The van der Waals surface area contributed by atoms with E-state index in [9.17, 15) is 4.39 Å². The van der Waals surface area contributed by atoms with Gasteiger partial charge in [0.05, 0.1) is 0 Å². The molecule has 3 aromatic rings. The Balaban J connectivity index is 1.97. The lowest BCUT2D eigenvalue weighted by atomic mass is 10.1. The first kappa shape index (κ1) is 10.7. The molecule has 2 nitrogen and oxygen atoms in total. The largest absolute Gasteiger partial charge is 0.323 e. The molecule has 0 amide bonds. The highest BCUT2D eigenvalue weighted by molar-refractivity contribution is 5.62. The number of rotatable bonds is 2. The molecule has 2 aromatic heterocycles. The van der Waals surface area contributed by atoms with E-state index in [4.69, 9.17) is 0 Å². The zero-order valence-electron chi connectivity index (χ0n) is 9.62. The number of hydrogen-bond acceptors (Lipinski definition) is 1. The van der Waals surface area contributed by atoms with Gasteiger partial charge in [-0.2, -0.15) is 0 Å². The molecule has 18 heavy (non-hydrogen) atoms. The van der Waals surface area contributed by atoms with Crippen LogP contribution in [0.3, 0.4) is 0 Å². The second-order valence-corrected chi connectivity index (χ2v) is 4.02. The molecule has 0 radical (unpaired) electrons. The fourth-order valence-corrected chi connectivity index (χ4v) is 1.89. The molecule has 0 aliphatic rings. The normalized spacial score (nSPS) is 10.5. The van der Waals surface area contributed by atoms with Gasteiger partial charge in [0, 0.05) is 30.5 Å². The minimum atomic E-state index is -0.222. The molecule has 0 unspecified atom stereocenters. The van der Waals surface area contributed by atoms with Crippen molar-refractivity contribution < 1.29 is 4.39 Å².